The van der Waals surface area contributed by atoms with E-state index in [2.05, 4.69) is 23.9 Å². The Bertz CT molecular complexity index is 876. The second-order valence-corrected chi connectivity index (χ2v) is 8.91. The minimum atomic E-state index is -3.19. The van der Waals surface area contributed by atoms with Crippen LogP contribution < -0.4 is 14.8 Å². The molecule has 28 heavy (non-hydrogen) atoms. The van der Waals surface area contributed by atoms with Gasteiger partial charge in [-0.25, -0.2) is 13.1 Å². The van der Waals surface area contributed by atoms with Crippen LogP contribution in [0.5, 0.6) is 5.75 Å². The van der Waals surface area contributed by atoms with E-state index < -0.39 is 10.0 Å². The van der Waals surface area contributed by atoms with Crippen molar-refractivity contribution >= 4 is 15.9 Å². The average molecular weight is 405 g/mol. The van der Waals surface area contributed by atoms with Crippen molar-refractivity contribution < 1.29 is 17.9 Å². The van der Waals surface area contributed by atoms with Gasteiger partial charge in [0.1, 0.15) is 5.75 Å². The molecule has 0 spiro atoms. The number of hydrogen-bond acceptors (Lipinski definition) is 4. The summed E-state index contributed by atoms with van der Waals surface area (Å²) in [6.45, 7) is 4.46. The maximum atomic E-state index is 12.7. The molecule has 0 aromatic heterocycles. The van der Waals surface area contributed by atoms with E-state index >= 15 is 0 Å². The molecule has 0 fully saturated rings. The third kappa shape index (κ3) is 6.65. The normalized spacial score (nSPS) is 12.6. The van der Waals surface area contributed by atoms with E-state index in [1.807, 2.05) is 36.4 Å². The number of nitrogens with one attached hydrogen (secondary N) is 2. The molecular weight excluding hydrogens is 376 g/mol. The molecule has 152 valence electrons. The van der Waals surface area contributed by atoms with Crippen LogP contribution in [0, 0.1) is 5.92 Å². The van der Waals surface area contributed by atoms with Gasteiger partial charge in [-0.15, -0.1) is 0 Å². The van der Waals surface area contributed by atoms with Crippen LogP contribution in [0.15, 0.2) is 48.5 Å². The maximum absolute atomic E-state index is 12.7. The van der Waals surface area contributed by atoms with E-state index in [0.717, 1.165) is 23.1 Å². The molecular formula is C21H28N2O4S. The Hall–Kier alpha value is -2.38. The molecule has 1 amide bonds. The number of methoxy groups -OCH3 is 1. The molecule has 6 nitrogen and oxygen atoms in total. The molecule has 2 rings (SSSR count). The Kier molecular flexibility index (Phi) is 7.60. The number of hydrogen-bond donors (Lipinski definition) is 2. The first kappa shape index (κ1) is 21.9. The third-order valence-electron chi connectivity index (χ3n) is 4.42. The van der Waals surface area contributed by atoms with Crippen LogP contribution in [0.25, 0.3) is 0 Å². The highest BCUT2D eigenvalue weighted by molar-refractivity contribution is 7.88. The smallest absolute Gasteiger partial charge is 0.251 e. The van der Waals surface area contributed by atoms with Gasteiger partial charge in [0.25, 0.3) is 5.91 Å². The molecule has 7 heteroatoms. The highest BCUT2D eigenvalue weighted by atomic mass is 32.2. The van der Waals surface area contributed by atoms with Crippen LogP contribution in [-0.4, -0.2) is 34.2 Å². The van der Waals surface area contributed by atoms with Crippen molar-refractivity contribution in [2.45, 2.75) is 26.3 Å². The number of benzene rings is 2. The van der Waals surface area contributed by atoms with Crippen molar-refractivity contribution in [3.05, 3.63) is 65.2 Å². The molecule has 1 atom stereocenters. The van der Waals surface area contributed by atoms with Gasteiger partial charge >= 0.3 is 0 Å². The topological polar surface area (TPSA) is 84.5 Å². The van der Waals surface area contributed by atoms with Gasteiger partial charge in [-0.1, -0.05) is 38.1 Å². The fraction of sp³-hybridized carbons (Fsp3) is 0.381. The lowest BCUT2D eigenvalue weighted by molar-refractivity contribution is 0.0925. The fourth-order valence-corrected chi connectivity index (χ4v) is 3.35. The lowest BCUT2D eigenvalue weighted by Gasteiger charge is -2.23. The Balaban J connectivity index is 2.02. The van der Waals surface area contributed by atoms with Crippen LogP contribution in [0.1, 0.15) is 41.4 Å². The summed E-state index contributed by atoms with van der Waals surface area (Å²) in [5.41, 5.74) is 2.55. The third-order valence-corrected chi connectivity index (χ3v) is 5.15. The molecule has 1 unspecified atom stereocenters. The summed E-state index contributed by atoms with van der Waals surface area (Å²) in [5.74, 6) is 0.854. The second-order valence-electron chi connectivity index (χ2n) is 7.08. The summed E-state index contributed by atoms with van der Waals surface area (Å²) < 4.78 is 29.9. The number of carbonyl (C=O) groups excluding carboxylic acids is 1. The van der Waals surface area contributed by atoms with Gasteiger partial charge in [-0.3, -0.25) is 4.79 Å². The predicted octanol–water partition coefficient (Wildman–Crippen LogP) is 2.91. The average Bonchev–Trinajstić information content (AvgIpc) is 2.65. The Morgan fingerprint density at radius 3 is 2.14 bits per heavy atom. The molecule has 0 saturated heterocycles. The zero-order chi connectivity index (χ0) is 20.7. The monoisotopic (exact) mass is 404 g/mol. The fourth-order valence-electron chi connectivity index (χ4n) is 2.87. The summed E-state index contributed by atoms with van der Waals surface area (Å²) in [4.78, 5) is 12.7. The number of amides is 1. The van der Waals surface area contributed by atoms with Crippen molar-refractivity contribution in [2.75, 3.05) is 19.9 Å². The zero-order valence-electron chi connectivity index (χ0n) is 16.7. The summed E-state index contributed by atoms with van der Waals surface area (Å²) in [7, 11) is -1.57. The van der Waals surface area contributed by atoms with Gasteiger partial charge in [-0.2, -0.15) is 0 Å². The molecule has 0 bridgehead atoms. The minimum absolute atomic E-state index is 0.114. The molecule has 2 N–H and O–H groups in total. The van der Waals surface area contributed by atoms with E-state index in [0.29, 0.717) is 18.5 Å². The first-order chi connectivity index (χ1) is 13.2. The lowest BCUT2D eigenvalue weighted by Crippen LogP contribution is -2.31. The molecule has 0 heterocycles. The summed E-state index contributed by atoms with van der Waals surface area (Å²) >= 11 is 0. The molecule has 0 saturated carbocycles. The van der Waals surface area contributed by atoms with Crippen LogP contribution in [0.4, 0.5) is 0 Å². The molecule has 0 radical (unpaired) electrons. The summed E-state index contributed by atoms with van der Waals surface area (Å²) in [6.07, 6.45) is 1.70. The first-order valence-corrected chi connectivity index (χ1v) is 11.1. The predicted molar refractivity (Wildman–Crippen MR) is 111 cm³/mol. The van der Waals surface area contributed by atoms with Crippen LogP contribution in [0.2, 0.25) is 0 Å². The Morgan fingerprint density at radius 1 is 1.04 bits per heavy atom. The Morgan fingerprint density at radius 2 is 1.64 bits per heavy atom. The van der Waals surface area contributed by atoms with Gasteiger partial charge in [0.15, 0.2) is 0 Å². The Labute approximate surface area is 167 Å². The number of rotatable bonds is 9. The van der Waals surface area contributed by atoms with Crippen molar-refractivity contribution in [3.8, 4) is 5.75 Å². The van der Waals surface area contributed by atoms with Crippen molar-refractivity contribution in [2.24, 2.45) is 5.92 Å². The van der Waals surface area contributed by atoms with Gasteiger partial charge in [0.2, 0.25) is 10.0 Å². The first-order valence-electron chi connectivity index (χ1n) is 9.18. The molecule has 2 aromatic rings. The van der Waals surface area contributed by atoms with Gasteiger partial charge in [-0.05, 0) is 47.7 Å². The van der Waals surface area contributed by atoms with E-state index in [1.165, 1.54) is 0 Å². The van der Waals surface area contributed by atoms with E-state index in [-0.39, 0.29) is 17.9 Å². The SMILES string of the molecule is COc1ccc(C(NC(=O)c2ccc(CCNS(C)(=O)=O)cc2)C(C)C)cc1. The van der Waals surface area contributed by atoms with Gasteiger partial charge < -0.3 is 10.1 Å². The van der Waals surface area contributed by atoms with Crippen molar-refractivity contribution in [1.29, 1.82) is 0 Å². The quantitative estimate of drug-likeness (QED) is 0.673. The molecule has 0 aliphatic carbocycles. The molecule has 2 aromatic carbocycles. The standard InChI is InChI=1S/C21H28N2O4S/c1-15(2)20(17-9-11-19(27-3)12-10-17)23-21(24)18-7-5-16(6-8-18)13-14-22-28(4,25)26/h5-12,15,20,22H,13-14H2,1-4H3,(H,23,24). The molecule has 0 aliphatic heterocycles. The van der Waals surface area contributed by atoms with Crippen molar-refractivity contribution in [1.82, 2.24) is 10.0 Å². The second kappa shape index (κ2) is 9.71. The number of carbonyl (C=O) groups is 1. The summed E-state index contributed by atoms with van der Waals surface area (Å²) in [5, 5.41) is 3.10. The lowest BCUT2D eigenvalue weighted by atomic mass is 9.95. The minimum Gasteiger partial charge on any atom is -0.497 e. The number of ether oxygens (including phenoxy) is 1. The van der Waals surface area contributed by atoms with Crippen LogP contribution >= 0.6 is 0 Å². The van der Waals surface area contributed by atoms with E-state index in [4.69, 9.17) is 4.74 Å². The number of sulfonamides is 1. The van der Waals surface area contributed by atoms with Crippen LogP contribution in [-0.2, 0) is 16.4 Å². The van der Waals surface area contributed by atoms with E-state index in [1.54, 1.807) is 19.2 Å². The van der Waals surface area contributed by atoms with Crippen molar-refractivity contribution in [3.63, 3.8) is 0 Å². The van der Waals surface area contributed by atoms with Gasteiger partial charge in [0, 0.05) is 12.1 Å². The van der Waals surface area contributed by atoms with Gasteiger partial charge in [0.05, 0.1) is 19.4 Å². The zero-order valence-corrected chi connectivity index (χ0v) is 17.5. The van der Waals surface area contributed by atoms with Crippen LogP contribution in [0.3, 0.4) is 0 Å². The molecule has 0 aliphatic rings. The van der Waals surface area contributed by atoms with E-state index in [9.17, 15) is 13.2 Å². The highest BCUT2D eigenvalue weighted by Crippen LogP contribution is 2.24. The largest absolute Gasteiger partial charge is 0.497 e. The summed E-state index contributed by atoms with van der Waals surface area (Å²) in [6, 6.07) is 14.8. The highest BCUT2D eigenvalue weighted by Gasteiger charge is 2.19. The maximum Gasteiger partial charge on any atom is 0.251 e.